The van der Waals surface area contributed by atoms with Crippen LogP contribution in [-0.4, -0.2) is 29.0 Å². The molecule has 0 heterocycles. The summed E-state index contributed by atoms with van der Waals surface area (Å²) in [4.78, 5) is 12.7. The van der Waals surface area contributed by atoms with Crippen molar-refractivity contribution in [3.8, 4) is 0 Å². The second-order valence-corrected chi connectivity index (χ2v) is 5.96. The average molecular weight is 268 g/mol. The van der Waals surface area contributed by atoms with E-state index in [0.29, 0.717) is 5.25 Å². The van der Waals surface area contributed by atoms with Gasteiger partial charge in [0.15, 0.2) is 0 Å². The molecule has 0 aliphatic rings. The predicted molar refractivity (Wildman–Crippen MR) is 76.1 cm³/mol. The molecule has 0 aliphatic carbocycles. The lowest BCUT2D eigenvalue weighted by molar-refractivity contribution is 0.229. The van der Waals surface area contributed by atoms with Gasteiger partial charge in [-0.15, -0.1) is 11.8 Å². The first kappa shape index (κ1) is 14.9. The Balaban J connectivity index is 2.68. The van der Waals surface area contributed by atoms with Gasteiger partial charge in [0.25, 0.3) is 0 Å². The molecule has 1 aromatic carbocycles. The maximum absolute atomic E-state index is 11.7. The number of benzene rings is 1. The van der Waals surface area contributed by atoms with Crippen molar-refractivity contribution in [2.24, 2.45) is 0 Å². The highest BCUT2D eigenvalue weighted by Gasteiger charge is 2.09. The standard InChI is InChI=1S/C13H20N2O2S/c1-9(2)18-12-7-5-4-6-11(12)15-13(17)14-10(3)8-16/h4-7,9-10,16H,8H2,1-3H3,(H2,14,15,17). The molecule has 0 aromatic heterocycles. The Bertz CT molecular complexity index is 396. The van der Waals surface area contributed by atoms with Gasteiger partial charge in [0.2, 0.25) is 0 Å². The molecule has 0 spiro atoms. The summed E-state index contributed by atoms with van der Waals surface area (Å²) in [6.45, 7) is 5.88. The topological polar surface area (TPSA) is 61.4 Å². The zero-order valence-electron chi connectivity index (χ0n) is 10.9. The molecule has 0 aliphatic heterocycles. The summed E-state index contributed by atoms with van der Waals surface area (Å²) in [6.07, 6.45) is 0. The lowest BCUT2D eigenvalue weighted by atomic mass is 10.3. The van der Waals surface area contributed by atoms with Gasteiger partial charge in [-0.05, 0) is 19.1 Å². The summed E-state index contributed by atoms with van der Waals surface area (Å²) in [5.74, 6) is 0. The molecular weight excluding hydrogens is 248 g/mol. The molecule has 1 aromatic rings. The fraction of sp³-hybridized carbons (Fsp3) is 0.462. The van der Waals surface area contributed by atoms with E-state index in [1.807, 2.05) is 24.3 Å². The van der Waals surface area contributed by atoms with Crippen LogP contribution in [0.5, 0.6) is 0 Å². The van der Waals surface area contributed by atoms with E-state index in [0.717, 1.165) is 10.6 Å². The number of hydrogen-bond acceptors (Lipinski definition) is 3. The number of amides is 2. The van der Waals surface area contributed by atoms with E-state index in [2.05, 4.69) is 24.5 Å². The third kappa shape index (κ3) is 4.98. The lowest BCUT2D eigenvalue weighted by Crippen LogP contribution is -2.38. The van der Waals surface area contributed by atoms with Crippen molar-refractivity contribution >= 4 is 23.5 Å². The van der Waals surface area contributed by atoms with E-state index in [1.54, 1.807) is 18.7 Å². The van der Waals surface area contributed by atoms with Gasteiger partial charge in [-0.1, -0.05) is 26.0 Å². The van der Waals surface area contributed by atoms with Crippen LogP contribution in [0.25, 0.3) is 0 Å². The van der Waals surface area contributed by atoms with E-state index in [9.17, 15) is 4.79 Å². The number of aliphatic hydroxyl groups is 1. The molecule has 1 unspecified atom stereocenters. The second kappa shape index (κ2) is 7.28. The molecule has 5 heteroatoms. The van der Waals surface area contributed by atoms with Crippen molar-refractivity contribution in [2.45, 2.75) is 37.0 Å². The van der Waals surface area contributed by atoms with Crippen LogP contribution >= 0.6 is 11.8 Å². The summed E-state index contributed by atoms with van der Waals surface area (Å²) >= 11 is 1.70. The van der Waals surface area contributed by atoms with Gasteiger partial charge in [0.1, 0.15) is 0 Å². The molecule has 0 saturated heterocycles. The second-order valence-electron chi connectivity index (χ2n) is 4.34. The number of urea groups is 1. The van der Waals surface area contributed by atoms with Crippen LogP contribution < -0.4 is 10.6 Å². The van der Waals surface area contributed by atoms with Crippen LogP contribution in [0.3, 0.4) is 0 Å². The molecule has 1 atom stereocenters. The van der Waals surface area contributed by atoms with Gasteiger partial charge >= 0.3 is 6.03 Å². The monoisotopic (exact) mass is 268 g/mol. The van der Waals surface area contributed by atoms with Crippen LogP contribution in [0.15, 0.2) is 29.2 Å². The van der Waals surface area contributed by atoms with E-state index >= 15 is 0 Å². The van der Waals surface area contributed by atoms with E-state index < -0.39 is 0 Å². The van der Waals surface area contributed by atoms with E-state index in [-0.39, 0.29) is 18.7 Å². The van der Waals surface area contributed by atoms with Gasteiger partial charge in [-0.3, -0.25) is 0 Å². The summed E-state index contributed by atoms with van der Waals surface area (Å²) < 4.78 is 0. The summed E-state index contributed by atoms with van der Waals surface area (Å²) in [7, 11) is 0. The highest BCUT2D eigenvalue weighted by Crippen LogP contribution is 2.29. The maximum Gasteiger partial charge on any atom is 0.319 e. The minimum absolute atomic E-state index is 0.0736. The molecule has 3 N–H and O–H groups in total. The zero-order valence-corrected chi connectivity index (χ0v) is 11.8. The highest BCUT2D eigenvalue weighted by molar-refractivity contribution is 8.00. The van der Waals surface area contributed by atoms with Crippen molar-refractivity contribution in [2.75, 3.05) is 11.9 Å². The number of nitrogens with one attached hydrogen (secondary N) is 2. The Morgan fingerprint density at radius 3 is 2.61 bits per heavy atom. The van der Waals surface area contributed by atoms with E-state index in [1.165, 1.54) is 0 Å². The van der Waals surface area contributed by atoms with Crippen molar-refractivity contribution in [3.63, 3.8) is 0 Å². The molecular formula is C13H20N2O2S. The third-order valence-corrected chi connectivity index (χ3v) is 3.23. The number of aliphatic hydroxyl groups excluding tert-OH is 1. The Morgan fingerprint density at radius 1 is 1.33 bits per heavy atom. The Hall–Kier alpha value is -1.20. The molecule has 0 radical (unpaired) electrons. The Morgan fingerprint density at radius 2 is 2.00 bits per heavy atom. The SMILES string of the molecule is CC(CO)NC(=O)Nc1ccccc1SC(C)C. The number of para-hydroxylation sites is 1. The van der Waals surface area contributed by atoms with Gasteiger partial charge < -0.3 is 15.7 Å². The zero-order chi connectivity index (χ0) is 13.5. The predicted octanol–water partition coefficient (Wildman–Crippen LogP) is 2.69. The van der Waals surface area contributed by atoms with Gasteiger partial charge in [0.05, 0.1) is 18.3 Å². The molecule has 0 fully saturated rings. The molecule has 4 nitrogen and oxygen atoms in total. The van der Waals surface area contributed by atoms with Gasteiger partial charge in [-0.25, -0.2) is 4.79 Å². The number of anilines is 1. The smallest absolute Gasteiger partial charge is 0.319 e. The summed E-state index contributed by atoms with van der Waals surface area (Å²) in [5.41, 5.74) is 0.791. The fourth-order valence-electron chi connectivity index (χ4n) is 1.35. The molecule has 100 valence electrons. The quantitative estimate of drug-likeness (QED) is 0.720. The molecule has 0 saturated carbocycles. The molecule has 2 amide bonds. The van der Waals surface area contributed by atoms with Crippen LogP contribution in [0.4, 0.5) is 10.5 Å². The Kier molecular flexibility index (Phi) is 6.01. The summed E-state index contributed by atoms with van der Waals surface area (Å²) in [6, 6.07) is 7.13. The first-order valence-corrected chi connectivity index (χ1v) is 6.85. The molecule has 1 rings (SSSR count). The van der Waals surface area contributed by atoms with Crippen molar-refractivity contribution in [3.05, 3.63) is 24.3 Å². The number of carbonyl (C=O) groups excluding carboxylic acids is 1. The van der Waals surface area contributed by atoms with Crippen LogP contribution in [0.2, 0.25) is 0 Å². The average Bonchev–Trinajstić information content (AvgIpc) is 2.30. The Labute approximate surface area is 112 Å². The first-order chi connectivity index (χ1) is 8.52. The molecule has 0 bridgehead atoms. The van der Waals surface area contributed by atoms with Gasteiger partial charge in [-0.2, -0.15) is 0 Å². The van der Waals surface area contributed by atoms with Crippen LogP contribution in [0.1, 0.15) is 20.8 Å². The van der Waals surface area contributed by atoms with Crippen molar-refractivity contribution in [1.29, 1.82) is 0 Å². The largest absolute Gasteiger partial charge is 0.394 e. The minimum atomic E-state index is -0.298. The first-order valence-electron chi connectivity index (χ1n) is 5.97. The van der Waals surface area contributed by atoms with Crippen LogP contribution in [-0.2, 0) is 0 Å². The van der Waals surface area contributed by atoms with E-state index in [4.69, 9.17) is 5.11 Å². The fourth-order valence-corrected chi connectivity index (χ4v) is 2.27. The number of carbonyl (C=O) groups is 1. The highest BCUT2D eigenvalue weighted by atomic mass is 32.2. The van der Waals surface area contributed by atoms with Crippen molar-refractivity contribution < 1.29 is 9.90 Å². The van der Waals surface area contributed by atoms with Crippen LogP contribution in [0, 0.1) is 0 Å². The number of hydrogen-bond donors (Lipinski definition) is 3. The third-order valence-electron chi connectivity index (χ3n) is 2.15. The maximum atomic E-state index is 11.7. The number of thioether (sulfide) groups is 1. The lowest BCUT2D eigenvalue weighted by Gasteiger charge is -2.15. The van der Waals surface area contributed by atoms with Gasteiger partial charge in [0, 0.05) is 10.1 Å². The normalized spacial score (nSPS) is 12.3. The molecule has 18 heavy (non-hydrogen) atoms. The summed E-state index contributed by atoms with van der Waals surface area (Å²) in [5, 5.41) is 14.8. The minimum Gasteiger partial charge on any atom is -0.394 e. The number of rotatable bonds is 5. The van der Waals surface area contributed by atoms with Crippen molar-refractivity contribution in [1.82, 2.24) is 5.32 Å².